The summed E-state index contributed by atoms with van der Waals surface area (Å²) < 4.78 is 33.0. The number of ether oxygens (including phenoxy) is 1. The van der Waals surface area contributed by atoms with Crippen LogP contribution in [0.15, 0.2) is 39.9 Å². The van der Waals surface area contributed by atoms with Gasteiger partial charge in [-0.1, -0.05) is 6.07 Å². The molecular weight excluding hydrogens is 334 g/mol. The maximum Gasteiger partial charge on any atom is 0.271 e. The van der Waals surface area contributed by atoms with Crippen molar-refractivity contribution in [2.75, 3.05) is 11.3 Å². The van der Waals surface area contributed by atoms with Gasteiger partial charge in [-0.05, 0) is 42.5 Å². The van der Waals surface area contributed by atoms with Crippen LogP contribution in [0.1, 0.15) is 24.8 Å². The van der Waals surface area contributed by atoms with Gasteiger partial charge in [0.05, 0.1) is 16.7 Å². The van der Waals surface area contributed by atoms with Crippen molar-refractivity contribution < 1.29 is 13.2 Å². The Bertz CT molecular complexity index is 926. The Kier molecular flexibility index (Phi) is 3.59. The van der Waals surface area contributed by atoms with Crippen LogP contribution in [0, 0.1) is 0 Å². The number of nitrogens with one attached hydrogen (secondary N) is 2. The highest BCUT2D eigenvalue weighted by Gasteiger charge is 2.21. The van der Waals surface area contributed by atoms with Crippen LogP contribution in [-0.2, 0) is 14.8 Å². The maximum absolute atomic E-state index is 12.3. The number of hydrogen-bond acceptors (Lipinski definition) is 5. The summed E-state index contributed by atoms with van der Waals surface area (Å²) in [6.07, 6.45) is 2.00. The molecule has 8 heteroatoms. The molecular formula is C15H15N3O3S2. The van der Waals surface area contributed by atoms with Crippen molar-refractivity contribution in [3.63, 3.8) is 0 Å². The van der Waals surface area contributed by atoms with E-state index in [0.29, 0.717) is 9.90 Å². The lowest BCUT2D eigenvalue weighted by molar-refractivity contribution is 0.106. The SMILES string of the molecule is O=S(=O)(Nc1ccc2nc(C3CCCO3)[nH]c2c1)c1cccs1. The lowest BCUT2D eigenvalue weighted by Gasteiger charge is -2.05. The zero-order chi connectivity index (χ0) is 15.9. The van der Waals surface area contributed by atoms with Gasteiger partial charge in [0.2, 0.25) is 0 Å². The molecule has 0 saturated carbocycles. The monoisotopic (exact) mass is 349 g/mol. The molecule has 0 bridgehead atoms. The Balaban J connectivity index is 1.64. The van der Waals surface area contributed by atoms with Crippen LogP contribution in [-0.4, -0.2) is 25.0 Å². The molecule has 1 saturated heterocycles. The van der Waals surface area contributed by atoms with E-state index < -0.39 is 10.0 Å². The highest BCUT2D eigenvalue weighted by atomic mass is 32.2. The number of imidazole rings is 1. The molecule has 0 amide bonds. The normalized spacial score (nSPS) is 18.5. The van der Waals surface area contributed by atoms with Crippen molar-refractivity contribution in [3.8, 4) is 0 Å². The van der Waals surface area contributed by atoms with Crippen LogP contribution in [0.4, 0.5) is 5.69 Å². The molecule has 6 nitrogen and oxygen atoms in total. The summed E-state index contributed by atoms with van der Waals surface area (Å²) in [7, 11) is -3.54. The second-order valence-electron chi connectivity index (χ2n) is 5.39. The van der Waals surface area contributed by atoms with Gasteiger partial charge in [0.1, 0.15) is 16.1 Å². The number of rotatable bonds is 4. The molecule has 1 atom stereocenters. The number of fused-ring (bicyclic) bond motifs is 1. The third-order valence-electron chi connectivity index (χ3n) is 3.75. The lowest BCUT2D eigenvalue weighted by Crippen LogP contribution is -2.11. The van der Waals surface area contributed by atoms with E-state index in [-0.39, 0.29) is 6.10 Å². The summed E-state index contributed by atoms with van der Waals surface area (Å²) in [5, 5.41) is 1.74. The van der Waals surface area contributed by atoms with Gasteiger partial charge in [0.15, 0.2) is 0 Å². The van der Waals surface area contributed by atoms with Crippen LogP contribution in [0.3, 0.4) is 0 Å². The summed E-state index contributed by atoms with van der Waals surface area (Å²) >= 11 is 1.19. The standard InChI is InChI=1S/C15H15N3O3S2/c19-23(20,14-4-2-8-22-14)18-10-5-6-11-12(9-10)17-15(16-11)13-3-1-7-21-13/h2,4-6,8-9,13,18H,1,3,7H2,(H,16,17). The maximum atomic E-state index is 12.3. The average Bonchev–Trinajstić information content (AvgIpc) is 3.26. The fourth-order valence-electron chi connectivity index (χ4n) is 2.66. The van der Waals surface area contributed by atoms with Gasteiger partial charge < -0.3 is 9.72 Å². The van der Waals surface area contributed by atoms with Crippen LogP contribution in [0.2, 0.25) is 0 Å². The number of sulfonamides is 1. The molecule has 120 valence electrons. The number of anilines is 1. The average molecular weight is 349 g/mol. The van der Waals surface area contributed by atoms with Gasteiger partial charge in [0, 0.05) is 6.61 Å². The second kappa shape index (κ2) is 5.63. The van der Waals surface area contributed by atoms with E-state index in [0.717, 1.165) is 36.3 Å². The molecule has 2 aromatic heterocycles. The van der Waals surface area contributed by atoms with E-state index in [9.17, 15) is 8.42 Å². The van der Waals surface area contributed by atoms with Crippen molar-refractivity contribution in [3.05, 3.63) is 41.5 Å². The number of hydrogen-bond donors (Lipinski definition) is 2. The van der Waals surface area contributed by atoms with Gasteiger partial charge in [-0.15, -0.1) is 11.3 Å². The summed E-state index contributed by atoms with van der Waals surface area (Å²) in [6.45, 7) is 0.758. The van der Waals surface area contributed by atoms with E-state index >= 15 is 0 Å². The number of H-pyrrole nitrogens is 1. The first-order valence-corrected chi connectivity index (χ1v) is 9.66. The van der Waals surface area contributed by atoms with Crippen molar-refractivity contribution in [2.24, 2.45) is 0 Å². The Morgan fingerprint density at radius 3 is 3.00 bits per heavy atom. The van der Waals surface area contributed by atoms with E-state index in [4.69, 9.17) is 4.74 Å². The molecule has 1 aliphatic rings. The minimum absolute atomic E-state index is 0.00802. The van der Waals surface area contributed by atoms with Crippen LogP contribution >= 0.6 is 11.3 Å². The summed E-state index contributed by atoms with van der Waals surface area (Å²) in [4.78, 5) is 7.76. The molecule has 1 aromatic carbocycles. The number of thiophene rings is 1. The van der Waals surface area contributed by atoms with Crippen molar-refractivity contribution in [2.45, 2.75) is 23.2 Å². The Morgan fingerprint density at radius 1 is 1.35 bits per heavy atom. The molecule has 0 aliphatic carbocycles. The summed E-state index contributed by atoms with van der Waals surface area (Å²) in [5.41, 5.74) is 2.10. The van der Waals surface area contributed by atoms with Crippen LogP contribution in [0.5, 0.6) is 0 Å². The first kappa shape index (κ1) is 14.7. The molecule has 0 radical (unpaired) electrons. The third-order valence-corrected chi connectivity index (χ3v) is 6.53. The molecule has 1 unspecified atom stereocenters. The Labute approximate surface area is 137 Å². The number of aromatic nitrogens is 2. The molecule has 2 N–H and O–H groups in total. The summed E-state index contributed by atoms with van der Waals surface area (Å²) in [5.74, 6) is 0.802. The number of aromatic amines is 1. The van der Waals surface area contributed by atoms with Gasteiger partial charge >= 0.3 is 0 Å². The minimum Gasteiger partial charge on any atom is -0.370 e. The van der Waals surface area contributed by atoms with Crippen molar-refractivity contribution in [1.82, 2.24) is 9.97 Å². The van der Waals surface area contributed by atoms with Gasteiger partial charge in [-0.25, -0.2) is 13.4 Å². The van der Waals surface area contributed by atoms with Crippen molar-refractivity contribution in [1.29, 1.82) is 0 Å². The molecule has 23 heavy (non-hydrogen) atoms. The van der Waals surface area contributed by atoms with Crippen LogP contribution < -0.4 is 4.72 Å². The van der Waals surface area contributed by atoms with E-state index in [2.05, 4.69) is 14.7 Å². The zero-order valence-corrected chi connectivity index (χ0v) is 13.8. The molecule has 1 aliphatic heterocycles. The summed E-state index contributed by atoms with van der Waals surface area (Å²) in [6, 6.07) is 8.57. The predicted octanol–water partition coefficient (Wildman–Crippen LogP) is 3.28. The largest absolute Gasteiger partial charge is 0.370 e. The highest BCUT2D eigenvalue weighted by molar-refractivity contribution is 7.94. The Hall–Kier alpha value is -1.90. The third kappa shape index (κ3) is 2.85. The van der Waals surface area contributed by atoms with Crippen LogP contribution in [0.25, 0.3) is 11.0 Å². The smallest absolute Gasteiger partial charge is 0.271 e. The first-order valence-electron chi connectivity index (χ1n) is 7.29. The van der Waals surface area contributed by atoms with Gasteiger partial charge in [-0.2, -0.15) is 0 Å². The fraction of sp³-hybridized carbons (Fsp3) is 0.267. The molecule has 1 fully saturated rings. The second-order valence-corrected chi connectivity index (χ2v) is 8.25. The molecule has 3 heterocycles. The predicted molar refractivity (Wildman–Crippen MR) is 89.1 cm³/mol. The van der Waals surface area contributed by atoms with E-state index in [1.807, 2.05) is 0 Å². The number of nitrogens with zero attached hydrogens (tertiary/aromatic N) is 1. The number of benzene rings is 1. The first-order chi connectivity index (χ1) is 11.1. The highest BCUT2D eigenvalue weighted by Crippen LogP contribution is 2.29. The van der Waals surface area contributed by atoms with E-state index in [1.54, 1.807) is 35.7 Å². The molecule has 3 aromatic rings. The Morgan fingerprint density at radius 2 is 2.26 bits per heavy atom. The molecule has 0 spiro atoms. The quantitative estimate of drug-likeness (QED) is 0.757. The minimum atomic E-state index is -3.54. The van der Waals surface area contributed by atoms with E-state index in [1.165, 1.54) is 11.3 Å². The van der Waals surface area contributed by atoms with Gasteiger partial charge in [-0.3, -0.25) is 4.72 Å². The molecule has 4 rings (SSSR count). The topological polar surface area (TPSA) is 84.1 Å². The lowest BCUT2D eigenvalue weighted by atomic mass is 10.2. The van der Waals surface area contributed by atoms with Crippen molar-refractivity contribution >= 4 is 38.1 Å². The fourth-order valence-corrected chi connectivity index (χ4v) is 4.70. The zero-order valence-electron chi connectivity index (χ0n) is 12.2. The van der Waals surface area contributed by atoms with Gasteiger partial charge in [0.25, 0.3) is 10.0 Å².